The molecule has 5 nitrogen and oxygen atoms in total. The first kappa shape index (κ1) is 17.3. The summed E-state index contributed by atoms with van der Waals surface area (Å²) in [6, 6.07) is 17.3. The molecular weight excluding hydrogens is 318 g/mol. The number of hydrogen-bond donors (Lipinski definition) is 1. The molecule has 25 heavy (non-hydrogen) atoms. The van der Waals surface area contributed by atoms with Gasteiger partial charge in [0.1, 0.15) is 12.3 Å². The van der Waals surface area contributed by atoms with E-state index in [0.29, 0.717) is 6.54 Å². The van der Waals surface area contributed by atoms with Crippen LogP contribution in [-0.4, -0.2) is 30.5 Å². The average Bonchev–Trinajstić information content (AvgIpc) is 2.64. The zero-order chi connectivity index (χ0) is 17.5. The highest BCUT2D eigenvalue weighted by Crippen LogP contribution is 2.21. The SMILES string of the molecule is O=C(O)CN(Cc1ccc(OC2CCCCO2)cc1)c1ccccc1. The Labute approximate surface area is 147 Å². The molecule has 1 heterocycles. The minimum absolute atomic E-state index is 0.0435. The number of carbonyl (C=O) groups is 1. The molecule has 1 aliphatic heterocycles. The number of aliphatic carboxylic acids is 1. The van der Waals surface area contributed by atoms with Crippen molar-refractivity contribution in [2.45, 2.75) is 32.1 Å². The Morgan fingerprint density at radius 1 is 1.12 bits per heavy atom. The topological polar surface area (TPSA) is 59.0 Å². The van der Waals surface area contributed by atoms with Gasteiger partial charge < -0.3 is 19.5 Å². The molecular formula is C20H23NO4. The van der Waals surface area contributed by atoms with Crippen molar-refractivity contribution in [2.75, 3.05) is 18.1 Å². The summed E-state index contributed by atoms with van der Waals surface area (Å²) in [4.78, 5) is 13.0. The minimum atomic E-state index is -0.849. The van der Waals surface area contributed by atoms with E-state index in [0.717, 1.165) is 42.9 Å². The summed E-state index contributed by atoms with van der Waals surface area (Å²) in [7, 11) is 0. The first-order valence-corrected chi connectivity index (χ1v) is 8.60. The van der Waals surface area contributed by atoms with Crippen LogP contribution in [0.25, 0.3) is 0 Å². The average molecular weight is 341 g/mol. The predicted molar refractivity (Wildman–Crippen MR) is 95.8 cm³/mol. The van der Waals surface area contributed by atoms with Gasteiger partial charge in [-0.1, -0.05) is 30.3 Å². The van der Waals surface area contributed by atoms with Crippen LogP contribution in [0.2, 0.25) is 0 Å². The van der Waals surface area contributed by atoms with Crippen LogP contribution in [0.4, 0.5) is 5.69 Å². The third-order valence-corrected chi connectivity index (χ3v) is 4.15. The molecule has 2 aromatic carbocycles. The number of benzene rings is 2. The fraction of sp³-hybridized carbons (Fsp3) is 0.350. The minimum Gasteiger partial charge on any atom is -0.480 e. The molecule has 0 aromatic heterocycles. The summed E-state index contributed by atoms with van der Waals surface area (Å²) in [6.07, 6.45) is 2.98. The molecule has 2 aromatic rings. The van der Waals surface area contributed by atoms with Crippen LogP contribution in [0.5, 0.6) is 5.75 Å². The Hall–Kier alpha value is -2.53. The van der Waals surface area contributed by atoms with Crippen molar-refractivity contribution in [3.8, 4) is 5.75 Å². The fourth-order valence-corrected chi connectivity index (χ4v) is 2.89. The molecule has 5 heteroatoms. The highest BCUT2D eigenvalue weighted by atomic mass is 16.7. The van der Waals surface area contributed by atoms with Gasteiger partial charge in [0, 0.05) is 18.7 Å². The second kappa shape index (κ2) is 8.53. The number of ether oxygens (including phenoxy) is 2. The van der Waals surface area contributed by atoms with Crippen LogP contribution < -0.4 is 9.64 Å². The Bertz CT molecular complexity index is 666. The van der Waals surface area contributed by atoms with Gasteiger partial charge >= 0.3 is 5.97 Å². The van der Waals surface area contributed by atoms with Crippen molar-refractivity contribution in [1.82, 2.24) is 0 Å². The molecule has 1 N–H and O–H groups in total. The van der Waals surface area contributed by atoms with Crippen molar-refractivity contribution < 1.29 is 19.4 Å². The van der Waals surface area contributed by atoms with E-state index in [2.05, 4.69) is 0 Å². The number of carboxylic acid groups (broad SMARTS) is 1. The number of anilines is 1. The highest BCUT2D eigenvalue weighted by molar-refractivity contribution is 5.73. The van der Waals surface area contributed by atoms with Gasteiger partial charge in [-0.3, -0.25) is 4.79 Å². The van der Waals surface area contributed by atoms with Crippen molar-refractivity contribution >= 4 is 11.7 Å². The zero-order valence-corrected chi connectivity index (χ0v) is 14.1. The lowest BCUT2D eigenvalue weighted by Gasteiger charge is -2.24. The van der Waals surface area contributed by atoms with Crippen LogP contribution >= 0.6 is 0 Å². The summed E-state index contributed by atoms with van der Waals surface area (Å²) in [5.74, 6) is -0.0709. The Morgan fingerprint density at radius 3 is 2.52 bits per heavy atom. The molecule has 0 saturated carbocycles. The molecule has 1 aliphatic rings. The number of carboxylic acids is 1. The van der Waals surface area contributed by atoms with E-state index in [4.69, 9.17) is 9.47 Å². The quantitative estimate of drug-likeness (QED) is 0.832. The maximum Gasteiger partial charge on any atom is 0.323 e. The third-order valence-electron chi connectivity index (χ3n) is 4.15. The van der Waals surface area contributed by atoms with Crippen molar-refractivity contribution in [3.63, 3.8) is 0 Å². The zero-order valence-electron chi connectivity index (χ0n) is 14.1. The van der Waals surface area contributed by atoms with E-state index in [-0.39, 0.29) is 12.8 Å². The molecule has 0 radical (unpaired) electrons. The maximum absolute atomic E-state index is 11.2. The summed E-state index contributed by atoms with van der Waals surface area (Å²) in [5, 5.41) is 9.17. The van der Waals surface area contributed by atoms with Crippen LogP contribution in [0.1, 0.15) is 24.8 Å². The largest absolute Gasteiger partial charge is 0.480 e. The normalized spacial score (nSPS) is 17.0. The van der Waals surface area contributed by atoms with Gasteiger partial charge in [0.25, 0.3) is 0 Å². The lowest BCUT2D eigenvalue weighted by molar-refractivity contribution is -0.135. The molecule has 3 rings (SSSR count). The summed E-state index contributed by atoms with van der Waals surface area (Å²) in [6.45, 7) is 1.23. The maximum atomic E-state index is 11.2. The number of hydrogen-bond acceptors (Lipinski definition) is 4. The molecule has 1 fully saturated rings. The predicted octanol–water partition coefficient (Wildman–Crippen LogP) is 3.68. The van der Waals surface area contributed by atoms with E-state index < -0.39 is 5.97 Å². The van der Waals surface area contributed by atoms with Crippen molar-refractivity contribution in [2.24, 2.45) is 0 Å². The number of para-hydroxylation sites is 1. The lowest BCUT2D eigenvalue weighted by atomic mass is 10.1. The summed E-state index contributed by atoms with van der Waals surface area (Å²) < 4.78 is 11.4. The van der Waals surface area contributed by atoms with E-state index in [1.807, 2.05) is 59.5 Å². The third kappa shape index (κ3) is 5.22. The fourth-order valence-electron chi connectivity index (χ4n) is 2.89. The van der Waals surface area contributed by atoms with Crippen LogP contribution in [0, 0.1) is 0 Å². The van der Waals surface area contributed by atoms with Gasteiger partial charge in [-0.15, -0.1) is 0 Å². The van der Waals surface area contributed by atoms with Gasteiger partial charge in [-0.2, -0.15) is 0 Å². The Kier molecular flexibility index (Phi) is 5.90. The molecule has 0 amide bonds. The van der Waals surface area contributed by atoms with Crippen molar-refractivity contribution in [1.29, 1.82) is 0 Å². The van der Waals surface area contributed by atoms with E-state index in [1.54, 1.807) is 0 Å². The molecule has 1 atom stereocenters. The van der Waals surface area contributed by atoms with E-state index in [1.165, 1.54) is 0 Å². The van der Waals surface area contributed by atoms with Gasteiger partial charge in [-0.25, -0.2) is 0 Å². The monoisotopic (exact) mass is 341 g/mol. The van der Waals surface area contributed by atoms with E-state index >= 15 is 0 Å². The number of rotatable bonds is 7. The first-order valence-electron chi connectivity index (χ1n) is 8.60. The second-order valence-corrected chi connectivity index (χ2v) is 6.14. The van der Waals surface area contributed by atoms with Gasteiger partial charge in [0.15, 0.2) is 6.29 Å². The molecule has 1 saturated heterocycles. The van der Waals surface area contributed by atoms with Gasteiger partial charge in [0.05, 0.1) is 6.61 Å². The molecule has 0 aliphatic carbocycles. The number of nitrogens with zero attached hydrogens (tertiary/aromatic N) is 1. The van der Waals surface area contributed by atoms with E-state index in [9.17, 15) is 9.90 Å². The first-order chi connectivity index (χ1) is 12.2. The molecule has 0 bridgehead atoms. The molecule has 132 valence electrons. The van der Waals surface area contributed by atoms with Crippen LogP contribution in [0.15, 0.2) is 54.6 Å². The van der Waals surface area contributed by atoms with Gasteiger partial charge in [0.2, 0.25) is 0 Å². The standard InChI is InChI=1S/C20H23NO4/c22-19(23)15-21(17-6-2-1-3-7-17)14-16-9-11-18(12-10-16)25-20-8-4-5-13-24-20/h1-3,6-7,9-12,20H,4-5,8,13-15H2,(H,22,23). The second-order valence-electron chi connectivity index (χ2n) is 6.14. The summed E-state index contributed by atoms with van der Waals surface area (Å²) >= 11 is 0. The molecule has 0 spiro atoms. The highest BCUT2D eigenvalue weighted by Gasteiger charge is 2.15. The van der Waals surface area contributed by atoms with Crippen molar-refractivity contribution in [3.05, 3.63) is 60.2 Å². The lowest BCUT2D eigenvalue weighted by Crippen LogP contribution is -2.29. The van der Waals surface area contributed by atoms with Crippen LogP contribution in [-0.2, 0) is 16.1 Å². The van der Waals surface area contributed by atoms with Crippen LogP contribution in [0.3, 0.4) is 0 Å². The van der Waals surface area contributed by atoms with Gasteiger partial charge in [-0.05, 0) is 42.7 Å². The Morgan fingerprint density at radius 2 is 1.88 bits per heavy atom. The molecule has 1 unspecified atom stereocenters. The summed E-state index contributed by atoms with van der Waals surface area (Å²) in [5.41, 5.74) is 1.92. The Balaban J connectivity index is 1.64. The smallest absolute Gasteiger partial charge is 0.323 e.